The van der Waals surface area contributed by atoms with Crippen molar-refractivity contribution < 1.29 is 14.5 Å². The van der Waals surface area contributed by atoms with E-state index in [0.29, 0.717) is 27.0 Å². The molecule has 0 spiro atoms. The number of rotatable bonds is 4. The number of hydrogen-bond acceptors (Lipinski definition) is 4. The van der Waals surface area contributed by atoms with Crippen molar-refractivity contribution in [3.8, 4) is 0 Å². The fraction of sp³-hybridized carbons (Fsp3) is 0.222. The van der Waals surface area contributed by atoms with Crippen molar-refractivity contribution in [3.05, 3.63) is 62.1 Å². The van der Waals surface area contributed by atoms with Crippen molar-refractivity contribution in [1.82, 2.24) is 0 Å². The fourth-order valence-electron chi connectivity index (χ4n) is 2.91. The van der Waals surface area contributed by atoms with Crippen molar-refractivity contribution >= 4 is 52.1 Å². The van der Waals surface area contributed by atoms with Gasteiger partial charge >= 0.3 is 0 Å². The van der Waals surface area contributed by atoms with Crippen LogP contribution in [0.15, 0.2) is 36.4 Å². The molecule has 140 valence electrons. The van der Waals surface area contributed by atoms with Crippen LogP contribution in [-0.4, -0.2) is 23.3 Å². The molecule has 1 saturated heterocycles. The number of aryl methyl sites for hydroxylation is 1. The molecule has 0 bridgehead atoms. The van der Waals surface area contributed by atoms with Gasteiger partial charge in [-0.05, 0) is 31.2 Å². The van der Waals surface area contributed by atoms with Crippen LogP contribution in [0.2, 0.25) is 10.0 Å². The second-order valence-electron chi connectivity index (χ2n) is 6.25. The SMILES string of the molecule is Cc1ccc(N2C[C@@H](C(=O)Nc3ccc(Cl)c(Cl)c3)CC2=O)cc1[N+](=O)[O-]. The summed E-state index contributed by atoms with van der Waals surface area (Å²) in [6, 6.07) is 9.29. The zero-order valence-electron chi connectivity index (χ0n) is 14.2. The summed E-state index contributed by atoms with van der Waals surface area (Å²) in [4.78, 5) is 36.9. The molecule has 2 aromatic rings. The first-order chi connectivity index (χ1) is 12.8. The lowest BCUT2D eigenvalue weighted by molar-refractivity contribution is -0.385. The van der Waals surface area contributed by atoms with Gasteiger partial charge in [0, 0.05) is 30.3 Å². The van der Waals surface area contributed by atoms with Crippen LogP contribution in [0.1, 0.15) is 12.0 Å². The predicted molar refractivity (Wildman–Crippen MR) is 103 cm³/mol. The van der Waals surface area contributed by atoms with E-state index in [1.165, 1.54) is 17.0 Å². The first kappa shape index (κ1) is 19.1. The highest BCUT2D eigenvalue weighted by Crippen LogP contribution is 2.31. The average molecular weight is 408 g/mol. The number of nitro groups is 1. The normalized spacial score (nSPS) is 16.5. The smallest absolute Gasteiger partial charge is 0.274 e. The maximum Gasteiger partial charge on any atom is 0.274 e. The molecular weight excluding hydrogens is 393 g/mol. The highest BCUT2D eigenvalue weighted by atomic mass is 35.5. The Morgan fingerprint density at radius 2 is 1.96 bits per heavy atom. The number of benzene rings is 2. The van der Waals surface area contributed by atoms with Crippen LogP contribution in [0.4, 0.5) is 17.1 Å². The first-order valence-electron chi connectivity index (χ1n) is 8.07. The lowest BCUT2D eigenvalue weighted by Crippen LogP contribution is -2.28. The van der Waals surface area contributed by atoms with E-state index in [0.717, 1.165) is 0 Å². The number of nitro benzene ring substituents is 1. The molecule has 1 aliphatic rings. The number of amides is 2. The number of carbonyl (C=O) groups is 2. The molecule has 1 N–H and O–H groups in total. The number of nitrogens with zero attached hydrogens (tertiary/aromatic N) is 2. The molecule has 0 aromatic heterocycles. The molecule has 0 saturated carbocycles. The second-order valence-corrected chi connectivity index (χ2v) is 7.07. The molecule has 1 aliphatic heterocycles. The Morgan fingerprint density at radius 3 is 2.63 bits per heavy atom. The van der Waals surface area contributed by atoms with Crippen LogP contribution < -0.4 is 10.2 Å². The van der Waals surface area contributed by atoms with Gasteiger partial charge in [0.2, 0.25) is 11.8 Å². The minimum Gasteiger partial charge on any atom is -0.326 e. The van der Waals surface area contributed by atoms with Gasteiger partial charge in [0.05, 0.1) is 26.6 Å². The Kier molecular flexibility index (Phi) is 5.34. The third-order valence-electron chi connectivity index (χ3n) is 4.38. The summed E-state index contributed by atoms with van der Waals surface area (Å²) >= 11 is 11.8. The monoisotopic (exact) mass is 407 g/mol. The van der Waals surface area contributed by atoms with Gasteiger partial charge in [-0.25, -0.2) is 0 Å². The molecule has 1 fully saturated rings. The highest BCUT2D eigenvalue weighted by molar-refractivity contribution is 6.42. The second kappa shape index (κ2) is 7.54. The van der Waals surface area contributed by atoms with Crippen LogP contribution >= 0.6 is 23.2 Å². The lowest BCUT2D eigenvalue weighted by Gasteiger charge is -2.17. The van der Waals surface area contributed by atoms with Gasteiger partial charge in [0.15, 0.2) is 0 Å². The van der Waals surface area contributed by atoms with Crippen molar-refractivity contribution in [2.75, 3.05) is 16.8 Å². The van der Waals surface area contributed by atoms with Crippen molar-refractivity contribution in [2.45, 2.75) is 13.3 Å². The summed E-state index contributed by atoms with van der Waals surface area (Å²) in [5.41, 5.74) is 1.32. The van der Waals surface area contributed by atoms with E-state index in [4.69, 9.17) is 23.2 Å². The highest BCUT2D eigenvalue weighted by Gasteiger charge is 2.35. The molecule has 1 heterocycles. The molecule has 3 rings (SSSR count). The van der Waals surface area contributed by atoms with E-state index in [-0.39, 0.29) is 30.5 Å². The number of halogens is 2. The number of nitrogens with one attached hydrogen (secondary N) is 1. The van der Waals surface area contributed by atoms with E-state index in [1.807, 2.05) is 0 Å². The first-order valence-corrected chi connectivity index (χ1v) is 8.83. The summed E-state index contributed by atoms with van der Waals surface area (Å²) in [7, 11) is 0. The van der Waals surface area contributed by atoms with Crippen LogP contribution in [-0.2, 0) is 9.59 Å². The molecule has 0 aliphatic carbocycles. The lowest BCUT2D eigenvalue weighted by atomic mass is 10.1. The largest absolute Gasteiger partial charge is 0.326 e. The zero-order valence-corrected chi connectivity index (χ0v) is 15.8. The summed E-state index contributed by atoms with van der Waals surface area (Å²) in [5.74, 6) is -1.17. The molecule has 9 heteroatoms. The topological polar surface area (TPSA) is 92.6 Å². The summed E-state index contributed by atoms with van der Waals surface area (Å²) in [6.45, 7) is 1.77. The van der Waals surface area contributed by atoms with Gasteiger partial charge in [-0.3, -0.25) is 19.7 Å². The fourth-order valence-corrected chi connectivity index (χ4v) is 3.21. The van der Waals surface area contributed by atoms with E-state index < -0.39 is 10.8 Å². The minimum atomic E-state index is -0.577. The minimum absolute atomic E-state index is 0.0226. The van der Waals surface area contributed by atoms with Gasteiger partial charge in [0.25, 0.3) is 5.69 Å². The zero-order chi connectivity index (χ0) is 19.7. The molecule has 1 atom stereocenters. The number of hydrogen-bond donors (Lipinski definition) is 1. The molecule has 7 nitrogen and oxygen atoms in total. The number of carbonyl (C=O) groups excluding carboxylic acids is 2. The standard InChI is InChI=1S/C18H15Cl2N3O4/c1-10-2-4-13(8-16(10)23(26)27)22-9-11(6-17(22)24)18(25)21-12-3-5-14(19)15(20)7-12/h2-5,7-8,11H,6,9H2,1H3,(H,21,25)/t11-/m0/s1. The Balaban J connectivity index is 1.75. The van der Waals surface area contributed by atoms with Crippen LogP contribution in [0, 0.1) is 23.0 Å². The van der Waals surface area contributed by atoms with Crippen molar-refractivity contribution in [3.63, 3.8) is 0 Å². The van der Waals surface area contributed by atoms with Crippen molar-refractivity contribution in [2.24, 2.45) is 5.92 Å². The van der Waals surface area contributed by atoms with E-state index in [2.05, 4.69) is 5.32 Å². The van der Waals surface area contributed by atoms with Crippen LogP contribution in [0.3, 0.4) is 0 Å². The van der Waals surface area contributed by atoms with Crippen LogP contribution in [0.5, 0.6) is 0 Å². The third-order valence-corrected chi connectivity index (χ3v) is 5.12. The number of anilines is 2. The summed E-state index contributed by atoms with van der Waals surface area (Å²) in [6.07, 6.45) is 0.0226. The predicted octanol–water partition coefficient (Wildman–Crippen LogP) is 4.20. The van der Waals surface area contributed by atoms with E-state index in [9.17, 15) is 19.7 Å². The van der Waals surface area contributed by atoms with Gasteiger partial charge < -0.3 is 10.2 Å². The molecular formula is C18H15Cl2N3O4. The van der Waals surface area contributed by atoms with Crippen LogP contribution in [0.25, 0.3) is 0 Å². The Morgan fingerprint density at radius 1 is 1.22 bits per heavy atom. The Labute approximate surface area is 165 Å². The van der Waals surface area contributed by atoms with Gasteiger partial charge in [-0.1, -0.05) is 29.3 Å². The average Bonchev–Trinajstić information content (AvgIpc) is 3.00. The molecule has 2 aromatic carbocycles. The molecule has 0 unspecified atom stereocenters. The summed E-state index contributed by atoms with van der Waals surface area (Å²) < 4.78 is 0. The molecule has 2 amide bonds. The maximum atomic E-state index is 12.5. The van der Waals surface area contributed by atoms with Gasteiger partial charge in [-0.15, -0.1) is 0 Å². The van der Waals surface area contributed by atoms with E-state index in [1.54, 1.807) is 31.2 Å². The van der Waals surface area contributed by atoms with E-state index >= 15 is 0 Å². The Bertz CT molecular complexity index is 948. The van der Waals surface area contributed by atoms with Crippen molar-refractivity contribution in [1.29, 1.82) is 0 Å². The quantitative estimate of drug-likeness (QED) is 0.606. The molecule has 27 heavy (non-hydrogen) atoms. The third kappa shape index (κ3) is 4.04. The Hall–Kier alpha value is -2.64. The van der Waals surface area contributed by atoms with Gasteiger partial charge in [0.1, 0.15) is 0 Å². The van der Waals surface area contributed by atoms with Gasteiger partial charge in [-0.2, -0.15) is 0 Å². The molecule has 0 radical (unpaired) electrons. The maximum absolute atomic E-state index is 12.5. The summed E-state index contributed by atoms with van der Waals surface area (Å²) in [5, 5.41) is 14.5.